The number of nitrogens with two attached hydrogens (primary N) is 1. The van der Waals surface area contributed by atoms with Gasteiger partial charge in [-0.3, -0.25) is 4.99 Å². The highest BCUT2D eigenvalue weighted by atomic mass is 14.9. The van der Waals surface area contributed by atoms with E-state index in [9.17, 15) is 0 Å². The molecule has 2 heteroatoms. The Kier molecular flexibility index (Phi) is 4.80. The molecule has 1 aromatic rings. The Morgan fingerprint density at radius 2 is 1.72 bits per heavy atom. The van der Waals surface area contributed by atoms with E-state index in [0.717, 1.165) is 18.8 Å². The molecule has 1 aliphatic carbocycles. The second-order valence-corrected chi connectivity index (χ2v) is 5.25. The summed E-state index contributed by atoms with van der Waals surface area (Å²) in [4.78, 5) is 4.57. The van der Waals surface area contributed by atoms with Crippen LogP contribution in [0.4, 0.5) is 0 Å². The van der Waals surface area contributed by atoms with Gasteiger partial charge in [-0.05, 0) is 30.4 Å². The molecule has 0 spiro atoms. The maximum Gasteiger partial charge on any atom is 0.0972 e. The second-order valence-electron chi connectivity index (χ2n) is 5.25. The molecule has 1 aliphatic rings. The third-order valence-electron chi connectivity index (χ3n) is 3.90. The van der Waals surface area contributed by atoms with Crippen LogP contribution in [0.3, 0.4) is 0 Å². The van der Waals surface area contributed by atoms with Gasteiger partial charge in [0.05, 0.1) is 12.4 Å². The highest BCUT2D eigenvalue weighted by Crippen LogP contribution is 2.23. The summed E-state index contributed by atoms with van der Waals surface area (Å²) in [6.45, 7) is 2.90. The zero-order valence-electron chi connectivity index (χ0n) is 11.4. The van der Waals surface area contributed by atoms with Crippen molar-refractivity contribution in [3.63, 3.8) is 0 Å². The summed E-state index contributed by atoms with van der Waals surface area (Å²) in [6.07, 6.45) is 7.53. The third kappa shape index (κ3) is 3.59. The lowest BCUT2D eigenvalue weighted by Gasteiger charge is -2.20. The van der Waals surface area contributed by atoms with Gasteiger partial charge in [0.1, 0.15) is 0 Å². The second kappa shape index (κ2) is 6.58. The molecule has 0 atom stereocenters. The molecule has 0 saturated heterocycles. The molecule has 2 N–H and O–H groups in total. The van der Waals surface area contributed by atoms with Crippen molar-refractivity contribution in [1.29, 1.82) is 0 Å². The molecule has 2 rings (SSSR count). The number of rotatable bonds is 4. The molecule has 2 nitrogen and oxygen atoms in total. The van der Waals surface area contributed by atoms with Gasteiger partial charge in [-0.1, -0.05) is 50.5 Å². The summed E-state index contributed by atoms with van der Waals surface area (Å²) in [5, 5.41) is 0. The van der Waals surface area contributed by atoms with Crippen molar-refractivity contribution in [3.8, 4) is 0 Å². The maximum absolute atomic E-state index is 6.10. The number of aliphatic imine (C=N–C) groups is 1. The number of nitrogens with zero attached hydrogens (tertiary/aromatic N) is 1. The van der Waals surface area contributed by atoms with E-state index in [4.69, 9.17) is 5.73 Å². The van der Waals surface area contributed by atoms with Gasteiger partial charge in [0, 0.05) is 5.92 Å². The molecular formula is C16H24N2. The van der Waals surface area contributed by atoms with E-state index in [2.05, 4.69) is 36.2 Å². The van der Waals surface area contributed by atoms with E-state index < -0.39 is 0 Å². The Balaban J connectivity index is 1.91. The lowest BCUT2D eigenvalue weighted by atomic mass is 9.88. The molecule has 0 bridgehead atoms. The number of benzene rings is 1. The zero-order chi connectivity index (χ0) is 12.8. The normalized spacial score (nSPS) is 17.9. The van der Waals surface area contributed by atoms with Crippen molar-refractivity contribution in [2.75, 3.05) is 0 Å². The summed E-state index contributed by atoms with van der Waals surface area (Å²) in [6, 6.07) is 8.69. The van der Waals surface area contributed by atoms with Crippen molar-refractivity contribution in [2.45, 2.75) is 52.0 Å². The Morgan fingerprint density at radius 1 is 1.11 bits per heavy atom. The molecule has 0 unspecified atom stereocenters. The minimum absolute atomic E-state index is 0.536. The lowest BCUT2D eigenvalue weighted by molar-refractivity contribution is 0.436. The summed E-state index contributed by atoms with van der Waals surface area (Å²) >= 11 is 0. The monoisotopic (exact) mass is 244 g/mol. The molecule has 0 amide bonds. The van der Waals surface area contributed by atoms with E-state index in [1.165, 1.54) is 43.2 Å². The fourth-order valence-electron chi connectivity index (χ4n) is 2.59. The molecule has 1 aromatic carbocycles. The van der Waals surface area contributed by atoms with Crippen LogP contribution in [0.1, 0.15) is 50.2 Å². The highest BCUT2D eigenvalue weighted by molar-refractivity contribution is 5.82. The average Bonchev–Trinajstić information content (AvgIpc) is 2.46. The van der Waals surface area contributed by atoms with Crippen molar-refractivity contribution >= 4 is 5.84 Å². The highest BCUT2D eigenvalue weighted by Gasteiger charge is 2.16. The number of aryl methyl sites for hydroxylation is 1. The molecule has 1 saturated carbocycles. The summed E-state index contributed by atoms with van der Waals surface area (Å²) < 4.78 is 0. The Bertz CT molecular complexity index is 386. The minimum Gasteiger partial charge on any atom is -0.387 e. The first kappa shape index (κ1) is 13.1. The largest absolute Gasteiger partial charge is 0.387 e. The van der Waals surface area contributed by atoms with Crippen LogP contribution in [-0.4, -0.2) is 5.84 Å². The predicted octanol–water partition coefficient (Wildman–Crippen LogP) is 3.69. The van der Waals surface area contributed by atoms with Gasteiger partial charge in [0.2, 0.25) is 0 Å². The molecule has 98 valence electrons. The van der Waals surface area contributed by atoms with Crippen molar-refractivity contribution in [2.24, 2.45) is 16.6 Å². The summed E-state index contributed by atoms with van der Waals surface area (Å²) in [5.74, 6) is 1.41. The van der Waals surface area contributed by atoms with Crippen LogP contribution in [0.15, 0.2) is 29.3 Å². The smallest absolute Gasteiger partial charge is 0.0972 e. The molecular weight excluding hydrogens is 220 g/mol. The van der Waals surface area contributed by atoms with Gasteiger partial charge in [-0.15, -0.1) is 0 Å². The van der Waals surface area contributed by atoms with Crippen molar-refractivity contribution < 1.29 is 0 Å². The van der Waals surface area contributed by atoms with Crippen LogP contribution in [-0.2, 0) is 13.0 Å². The number of hydrogen-bond donors (Lipinski definition) is 1. The van der Waals surface area contributed by atoms with E-state index in [0.29, 0.717) is 5.92 Å². The number of hydrogen-bond acceptors (Lipinski definition) is 1. The quantitative estimate of drug-likeness (QED) is 0.636. The van der Waals surface area contributed by atoms with Crippen LogP contribution >= 0.6 is 0 Å². The molecule has 0 radical (unpaired) electrons. The Labute approximate surface area is 110 Å². The Morgan fingerprint density at radius 3 is 2.33 bits per heavy atom. The van der Waals surface area contributed by atoms with Gasteiger partial charge >= 0.3 is 0 Å². The average molecular weight is 244 g/mol. The van der Waals surface area contributed by atoms with Crippen molar-refractivity contribution in [3.05, 3.63) is 35.4 Å². The molecule has 1 fully saturated rings. The summed E-state index contributed by atoms with van der Waals surface area (Å²) in [5.41, 5.74) is 8.74. The fraction of sp³-hybridized carbons (Fsp3) is 0.562. The van der Waals surface area contributed by atoms with Gasteiger partial charge < -0.3 is 5.73 Å². The standard InChI is InChI=1S/C16H24N2/c1-2-13-8-10-14(11-9-13)12-18-16(17)15-6-4-3-5-7-15/h8-11,15H,2-7,12H2,1H3,(H2,17,18). The van der Waals surface area contributed by atoms with E-state index >= 15 is 0 Å². The summed E-state index contributed by atoms with van der Waals surface area (Å²) in [7, 11) is 0. The van der Waals surface area contributed by atoms with Gasteiger partial charge in [0.25, 0.3) is 0 Å². The SMILES string of the molecule is CCc1ccc(CN=C(N)C2CCCCC2)cc1. The van der Waals surface area contributed by atoms with E-state index in [-0.39, 0.29) is 0 Å². The first-order chi connectivity index (χ1) is 8.79. The fourth-order valence-corrected chi connectivity index (χ4v) is 2.59. The van der Waals surface area contributed by atoms with Crippen LogP contribution in [0.25, 0.3) is 0 Å². The van der Waals surface area contributed by atoms with E-state index in [1.807, 2.05) is 0 Å². The molecule has 0 aliphatic heterocycles. The molecule has 0 heterocycles. The van der Waals surface area contributed by atoms with Gasteiger partial charge in [-0.25, -0.2) is 0 Å². The predicted molar refractivity (Wildman–Crippen MR) is 77.7 cm³/mol. The van der Waals surface area contributed by atoms with Gasteiger partial charge in [-0.2, -0.15) is 0 Å². The van der Waals surface area contributed by atoms with Crippen molar-refractivity contribution in [1.82, 2.24) is 0 Å². The van der Waals surface area contributed by atoms with Crippen LogP contribution in [0.2, 0.25) is 0 Å². The number of amidine groups is 1. The van der Waals surface area contributed by atoms with Crippen LogP contribution in [0.5, 0.6) is 0 Å². The first-order valence-electron chi connectivity index (χ1n) is 7.17. The minimum atomic E-state index is 0.536. The van der Waals surface area contributed by atoms with E-state index in [1.54, 1.807) is 0 Å². The lowest BCUT2D eigenvalue weighted by Crippen LogP contribution is -2.25. The first-order valence-corrected chi connectivity index (χ1v) is 7.17. The topological polar surface area (TPSA) is 38.4 Å². The third-order valence-corrected chi connectivity index (χ3v) is 3.90. The molecule has 0 aromatic heterocycles. The Hall–Kier alpha value is -1.31. The maximum atomic E-state index is 6.10. The van der Waals surface area contributed by atoms with Crippen LogP contribution in [0, 0.1) is 5.92 Å². The molecule has 18 heavy (non-hydrogen) atoms. The van der Waals surface area contributed by atoms with Crippen LogP contribution < -0.4 is 5.73 Å². The van der Waals surface area contributed by atoms with Gasteiger partial charge in [0.15, 0.2) is 0 Å². The zero-order valence-corrected chi connectivity index (χ0v) is 11.4.